The molecule has 1 aliphatic rings. The van der Waals surface area contributed by atoms with Crippen LogP contribution in [0.1, 0.15) is 31.0 Å². The standard InChI is InChI=1S/C25H25N3O4/c1-16(17-7-5-4-6-8-17)26-22(29)15-28-23(30)25(2,27-24(28)31)20-11-9-19-14-21(32-3)12-10-18(19)13-20/h4-14,16H,15H2,1-3H3,(H,26,29)(H,27,31). The number of benzene rings is 3. The van der Waals surface area contributed by atoms with E-state index in [4.69, 9.17) is 4.74 Å². The summed E-state index contributed by atoms with van der Waals surface area (Å²) >= 11 is 0. The third kappa shape index (κ3) is 3.89. The fourth-order valence-electron chi connectivity index (χ4n) is 3.95. The number of nitrogens with zero attached hydrogens (tertiary/aromatic N) is 1. The lowest BCUT2D eigenvalue weighted by Gasteiger charge is -2.23. The molecule has 0 spiro atoms. The predicted molar refractivity (Wildman–Crippen MR) is 121 cm³/mol. The molecule has 1 aliphatic heterocycles. The Labute approximate surface area is 186 Å². The van der Waals surface area contributed by atoms with Crippen molar-refractivity contribution in [1.82, 2.24) is 15.5 Å². The lowest BCUT2D eigenvalue weighted by Crippen LogP contribution is -2.43. The smallest absolute Gasteiger partial charge is 0.325 e. The third-order valence-electron chi connectivity index (χ3n) is 5.88. The molecule has 2 N–H and O–H groups in total. The van der Waals surface area contributed by atoms with Gasteiger partial charge in [-0.15, -0.1) is 0 Å². The summed E-state index contributed by atoms with van der Waals surface area (Å²) in [5, 5.41) is 7.47. The van der Waals surface area contributed by atoms with Crippen LogP contribution in [0.3, 0.4) is 0 Å². The molecule has 0 bridgehead atoms. The number of hydrogen-bond acceptors (Lipinski definition) is 4. The molecule has 3 aromatic carbocycles. The first-order valence-electron chi connectivity index (χ1n) is 10.4. The van der Waals surface area contributed by atoms with E-state index in [0.717, 1.165) is 27.0 Å². The number of hydrogen-bond donors (Lipinski definition) is 2. The molecule has 4 rings (SSSR count). The fourth-order valence-corrected chi connectivity index (χ4v) is 3.95. The van der Waals surface area contributed by atoms with Crippen LogP contribution in [-0.2, 0) is 15.1 Å². The Morgan fingerprint density at radius 1 is 1.06 bits per heavy atom. The Balaban J connectivity index is 1.51. The number of rotatable bonds is 6. The number of nitrogens with one attached hydrogen (secondary N) is 2. The zero-order chi connectivity index (χ0) is 22.9. The molecule has 1 saturated heterocycles. The van der Waals surface area contributed by atoms with Crippen molar-refractivity contribution in [3.05, 3.63) is 77.9 Å². The van der Waals surface area contributed by atoms with Crippen LogP contribution in [0.2, 0.25) is 0 Å². The van der Waals surface area contributed by atoms with Gasteiger partial charge in [0.05, 0.1) is 13.2 Å². The number of ether oxygens (including phenoxy) is 1. The number of imide groups is 1. The van der Waals surface area contributed by atoms with E-state index >= 15 is 0 Å². The Morgan fingerprint density at radius 3 is 2.47 bits per heavy atom. The molecular formula is C25H25N3O4. The number of methoxy groups -OCH3 is 1. The van der Waals surface area contributed by atoms with Gasteiger partial charge in [-0.05, 0) is 53.9 Å². The van der Waals surface area contributed by atoms with Gasteiger partial charge in [0, 0.05) is 0 Å². The Morgan fingerprint density at radius 2 is 1.75 bits per heavy atom. The fraction of sp³-hybridized carbons (Fsp3) is 0.240. The molecule has 7 heteroatoms. The summed E-state index contributed by atoms with van der Waals surface area (Å²) in [6.07, 6.45) is 0. The molecule has 2 atom stereocenters. The van der Waals surface area contributed by atoms with Crippen LogP contribution in [0.5, 0.6) is 5.75 Å². The number of fused-ring (bicyclic) bond motifs is 1. The Bertz CT molecular complexity index is 1190. The largest absolute Gasteiger partial charge is 0.497 e. The van der Waals surface area contributed by atoms with Crippen molar-refractivity contribution in [2.24, 2.45) is 0 Å². The quantitative estimate of drug-likeness (QED) is 0.585. The zero-order valence-corrected chi connectivity index (χ0v) is 18.2. The predicted octanol–water partition coefficient (Wildman–Crippen LogP) is 3.49. The third-order valence-corrected chi connectivity index (χ3v) is 5.88. The first kappa shape index (κ1) is 21.4. The molecule has 1 fully saturated rings. The topological polar surface area (TPSA) is 87.7 Å². The van der Waals surface area contributed by atoms with E-state index in [9.17, 15) is 14.4 Å². The van der Waals surface area contributed by atoms with Gasteiger partial charge in [-0.25, -0.2) is 4.79 Å². The Hall–Kier alpha value is -3.87. The summed E-state index contributed by atoms with van der Waals surface area (Å²) in [6.45, 7) is 3.16. The molecule has 3 aromatic rings. The highest BCUT2D eigenvalue weighted by molar-refractivity contribution is 6.09. The van der Waals surface area contributed by atoms with Crippen LogP contribution in [0.4, 0.5) is 4.79 Å². The van der Waals surface area contributed by atoms with Gasteiger partial charge in [0.2, 0.25) is 5.91 Å². The van der Waals surface area contributed by atoms with E-state index in [-0.39, 0.29) is 12.6 Å². The van der Waals surface area contributed by atoms with Gasteiger partial charge in [-0.3, -0.25) is 14.5 Å². The van der Waals surface area contributed by atoms with Gasteiger partial charge >= 0.3 is 6.03 Å². The lowest BCUT2D eigenvalue weighted by molar-refractivity contribution is -0.135. The van der Waals surface area contributed by atoms with Crippen molar-refractivity contribution < 1.29 is 19.1 Å². The second kappa shape index (κ2) is 8.34. The van der Waals surface area contributed by atoms with Crippen molar-refractivity contribution in [2.75, 3.05) is 13.7 Å². The number of carbonyl (C=O) groups excluding carboxylic acids is 3. The van der Waals surface area contributed by atoms with Gasteiger partial charge in [0.25, 0.3) is 5.91 Å². The molecule has 1 heterocycles. The highest BCUT2D eigenvalue weighted by Gasteiger charge is 2.49. The molecule has 0 radical (unpaired) electrons. The van der Waals surface area contributed by atoms with Crippen molar-refractivity contribution in [3.8, 4) is 5.75 Å². The van der Waals surface area contributed by atoms with Crippen LogP contribution in [0.25, 0.3) is 10.8 Å². The van der Waals surface area contributed by atoms with E-state index < -0.39 is 23.4 Å². The molecular weight excluding hydrogens is 406 g/mol. The van der Waals surface area contributed by atoms with E-state index in [1.165, 1.54) is 0 Å². The van der Waals surface area contributed by atoms with Crippen molar-refractivity contribution >= 4 is 28.6 Å². The molecule has 7 nitrogen and oxygen atoms in total. The van der Waals surface area contributed by atoms with Crippen LogP contribution in [0, 0.1) is 0 Å². The molecule has 0 aliphatic carbocycles. The second-order valence-electron chi connectivity index (χ2n) is 8.07. The highest BCUT2D eigenvalue weighted by Crippen LogP contribution is 2.32. The second-order valence-corrected chi connectivity index (χ2v) is 8.07. The van der Waals surface area contributed by atoms with Gasteiger partial charge < -0.3 is 15.4 Å². The van der Waals surface area contributed by atoms with Crippen LogP contribution in [0.15, 0.2) is 66.7 Å². The van der Waals surface area contributed by atoms with Gasteiger partial charge in [-0.2, -0.15) is 0 Å². The average molecular weight is 431 g/mol. The first-order valence-corrected chi connectivity index (χ1v) is 10.4. The average Bonchev–Trinajstić information content (AvgIpc) is 3.02. The van der Waals surface area contributed by atoms with Crippen LogP contribution >= 0.6 is 0 Å². The van der Waals surface area contributed by atoms with E-state index in [2.05, 4.69) is 10.6 Å². The molecule has 0 saturated carbocycles. The molecule has 164 valence electrons. The van der Waals surface area contributed by atoms with Gasteiger partial charge in [0.1, 0.15) is 17.8 Å². The van der Waals surface area contributed by atoms with Crippen LogP contribution in [-0.4, -0.2) is 36.4 Å². The molecule has 0 aromatic heterocycles. The monoisotopic (exact) mass is 431 g/mol. The summed E-state index contributed by atoms with van der Waals surface area (Å²) in [5.41, 5.74) is 0.334. The SMILES string of the molecule is COc1ccc2cc(C3(C)NC(=O)N(CC(=O)NC(C)c4ccccc4)C3=O)ccc2c1. The van der Waals surface area contributed by atoms with Gasteiger partial charge in [0.15, 0.2) is 0 Å². The van der Waals surface area contributed by atoms with Crippen molar-refractivity contribution in [3.63, 3.8) is 0 Å². The molecule has 2 unspecified atom stereocenters. The highest BCUT2D eigenvalue weighted by atomic mass is 16.5. The minimum atomic E-state index is -1.25. The number of amides is 4. The van der Waals surface area contributed by atoms with Crippen molar-refractivity contribution in [1.29, 1.82) is 0 Å². The summed E-state index contributed by atoms with van der Waals surface area (Å²) in [4.78, 5) is 39.3. The number of urea groups is 1. The normalized spacial score (nSPS) is 19.0. The zero-order valence-electron chi connectivity index (χ0n) is 18.2. The van der Waals surface area contributed by atoms with E-state index in [1.807, 2.05) is 67.6 Å². The summed E-state index contributed by atoms with van der Waals surface area (Å²) < 4.78 is 5.25. The minimum Gasteiger partial charge on any atom is -0.497 e. The van der Waals surface area contributed by atoms with Gasteiger partial charge in [-0.1, -0.05) is 48.5 Å². The summed E-state index contributed by atoms with van der Waals surface area (Å²) in [7, 11) is 1.61. The minimum absolute atomic E-state index is 0.242. The number of carbonyl (C=O) groups is 3. The molecule has 32 heavy (non-hydrogen) atoms. The van der Waals surface area contributed by atoms with E-state index in [0.29, 0.717) is 5.56 Å². The summed E-state index contributed by atoms with van der Waals surface area (Å²) in [6, 6.07) is 19.9. The molecule has 4 amide bonds. The maximum absolute atomic E-state index is 13.2. The lowest BCUT2D eigenvalue weighted by atomic mass is 9.90. The van der Waals surface area contributed by atoms with Crippen molar-refractivity contribution in [2.45, 2.75) is 25.4 Å². The van der Waals surface area contributed by atoms with Crippen LogP contribution < -0.4 is 15.4 Å². The Kier molecular flexibility index (Phi) is 5.57. The van der Waals surface area contributed by atoms with E-state index in [1.54, 1.807) is 20.1 Å². The first-order chi connectivity index (χ1) is 15.3. The maximum atomic E-state index is 13.2. The summed E-state index contributed by atoms with van der Waals surface area (Å²) in [5.74, 6) is -0.124. The maximum Gasteiger partial charge on any atom is 0.325 e.